The fourth-order valence-electron chi connectivity index (χ4n) is 2.14. The zero-order valence-electron chi connectivity index (χ0n) is 12.2. The van der Waals surface area contributed by atoms with Crippen LogP contribution in [0.25, 0.3) is 10.8 Å². The van der Waals surface area contributed by atoms with Crippen molar-refractivity contribution in [3.05, 3.63) is 78.2 Å². The van der Waals surface area contributed by atoms with Gasteiger partial charge in [-0.15, -0.1) is 0 Å². The zero-order valence-corrected chi connectivity index (χ0v) is 13.0. The molecule has 3 rings (SSSR count). The van der Waals surface area contributed by atoms with Crippen LogP contribution in [0, 0.1) is 0 Å². The molecular weight excluding hydrogens is 308 g/mol. The number of phenols is 1. The van der Waals surface area contributed by atoms with Crippen LogP contribution in [0.1, 0.15) is 0 Å². The number of phenolic OH excluding ortho intramolecular Hbond substituents is 1. The molecule has 1 N–H and O–H groups in total. The van der Waals surface area contributed by atoms with Crippen LogP contribution in [-0.2, 0) is 4.79 Å². The molecule has 0 unspecified atom stereocenters. The fourth-order valence-corrected chi connectivity index (χ4v) is 2.82. The largest absolute Gasteiger partial charge is 0.508 e. The number of carbonyl (C=O) groups excluding carboxylic acids is 1. The normalized spacial score (nSPS) is 10.4. The van der Waals surface area contributed by atoms with E-state index in [-0.39, 0.29) is 10.7 Å². The number of esters is 1. The first-order valence-electron chi connectivity index (χ1n) is 6.99. The number of rotatable bonds is 4. The minimum absolute atomic E-state index is 0.179. The second kappa shape index (κ2) is 6.58. The SMILES string of the molecule is C=C(Sc1ccc(O)cc1)C(=O)Oc1cccc2ccccc12. The Balaban J connectivity index is 1.75. The molecule has 0 aliphatic heterocycles. The Labute approximate surface area is 138 Å². The lowest BCUT2D eigenvalue weighted by Crippen LogP contribution is -2.08. The topological polar surface area (TPSA) is 46.5 Å². The van der Waals surface area contributed by atoms with Gasteiger partial charge >= 0.3 is 5.97 Å². The van der Waals surface area contributed by atoms with Crippen molar-refractivity contribution < 1.29 is 14.6 Å². The van der Waals surface area contributed by atoms with Crippen molar-refractivity contribution >= 4 is 28.5 Å². The molecule has 0 amide bonds. The van der Waals surface area contributed by atoms with E-state index in [0.717, 1.165) is 15.7 Å². The highest BCUT2D eigenvalue weighted by Crippen LogP contribution is 2.30. The second-order valence-electron chi connectivity index (χ2n) is 4.89. The zero-order chi connectivity index (χ0) is 16.2. The van der Waals surface area contributed by atoms with Gasteiger partial charge in [0, 0.05) is 10.3 Å². The van der Waals surface area contributed by atoms with Gasteiger partial charge in [-0.2, -0.15) is 0 Å². The van der Waals surface area contributed by atoms with Gasteiger partial charge in [-0.25, -0.2) is 4.79 Å². The predicted octanol–water partition coefficient (Wildman–Crippen LogP) is 4.76. The van der Waals surface area contributed by atoms with E-state index in [9.17, 15) is 9.90 Å². The molecule has 0 spiro atoms. The lowest BCUT2D eigenvalue weighted by molar-refractivity contribution is -0.129. The van der Waals surface area contributed by atoms with E-state index in [1.165, 1.54) is 11.8 Å². The van der Waals surface area contributed by atoms with Crippen LogP contribution in [-0.4, -0.2) is 11.1 Å². The van der Waals surface area contributed by atoms with Crippen LogP contribution in [0.5, 0.6) is 11.5 Å². The lowest BCUT2D eigenvalue weighted by Gasteiger charge is -2.09. The summed E-state index contributed by atoms with van der Waals surface area (Å²) in [6.07, 6.45) is 0. The second-order valence-corrected chi connectivity index (χ2v) is 6.05. The molecule has 3 aromatic rings. The average molecular weight is 322 g/mol. The Kier molecular flexibility index (Phi) is 4.35. The van der Waals surface area contributed by atoms with Crippen LogP contribution in [0.15, 0.2) is 83.1 Å². The number of hydrogen-bond donors (Lipinski definition) is 1. The van der Waals surface area contributed by atoms with Gasteiger partial charge in [0.2, 0.25) is 0 Å². The van der Waals surface area contributed by atoms with Crippen molar-refractivity contribution in [2.45, 2.75) is 4.90 Å². The summed E-state index contributed by atoms with van der Waals surface area (Å²) in [5.74, 6) is 0.207. The van der Waals surface area contributed by atoms with Crippen molar-refractivity contribution in [3.63, 3.8) is 0 Å². The molecule has 0 fully saturated rings. The molecule has 0 radical (unpaired) electrons. The number of thioether (sulfide) groups is 1. The van der Waals surface area contributed by atoms with E-state index < -0.39 is 5.97 Å². The number of hydrogen-bond acceptors (Lipinski definition) is 4. The van der Waals surface area contributed by atoms with Crippen LogP contribution in [0.4, 0.5) is 0 Å². The van der Waals surface area contributed by atoms with Crippen LogP contribution < -0.4 is 4.74 Å². The maximum Gasteiger partial charge on any atom is 0.349 e. The molecule has 0 saturated carbocycles. The van der Waals surface area contributed by atoms with E-state index in [4.69, 9.17) is 4.74 Å². The first kappa shape index (κ1) is 15.2. The molecule has 0 aliphatic carbocycles. The Morgan fingerprint density at radius 2 is 1.65 bits per heavy atom. The molecule has 3 nitrogen and oxygen atoms in total. The highest BCUT2D eigenvalue weighted by molar-refractivity contribution is 8.04. The Bertz CT molecular complexity index is 864. The van der Waals surface area contributed by atoms with Gasteiger partial charge in [0.1, 0.15) is 11.5 Å². The number of carbonyl (C=O) groups is 1. The maximum atomic E-state index is 12.2. The molecule has 23 heavy (non-hydrogen) atoms. The first-order valence-corrected chi connectivity index (χ1v) is 7.81. The Hall–Kier alpha value is -2.72. The van der Waals surface area contributed by atoms with E-state index >= 15 is 0 Å². The van der Waals surface area contributed by atoms with E-state index in [1.807, 2.05) is 36.4 Å². The summed E-state index contributed by atoms with van der Waals surface area (Å²) >= 11 is 1.20. The van der Waals surface area contributed by atoms with E-state index in [2.05, 4.69) is 6.58 Å². The molecule has 3 aromatic carbocycles. The van der Waals surface area contributed by atoms with Crippen molar-refractivity contribution in [2.24, 2.45) is 0 Å². The van der Waals surface area contributed by atoms with Gasteiger partial charge in [0.05, 0.1) is 4.91 Å². The summed E-state index contributed by atoms with van der Waals surface area (Å²) in [4.78, 5) is 13.3. The number of benzene rings is 3. The lowest BCUT2D eigenvalue weighted by atomic mass is 10.1. The third kappa shape index (κ3) is 3.55. The number of fused-ring (bicyclic) bond motifs is 1. The van der Waals surface area contributed by atoms with E-state index in [0.29, 0.717) is 5.75 Å². The molecule has 0 aliphatic rings. The third-order valence-corrected chi connectivity index (χ3v) is 4.18. The average Bonchev–Trinajstić information content (AvgIpc) is 2.57. The molecular formula is C19H14O3S. The molecule has 0 aromatic heterocycles. The minimum Gasteiger partial charge on any atom is -0.508 e. The molecule has 0 heterocycles. The summed E-state index contributed by atoms with van der Waals surface area (Å²) in [7, 11) is 0. The Morgan fingerprint density at radius 3 is 2.43 bits per heavy atom. The maximum absolute atomic E-state index is 12.2. The monoisotopic (exact) mass is 322 g/mol. The quantitative estimate of drug-likeness (QED) is 0.326. The predicted molar refractivity (Wildman–Crippen MR) is 92.7 cm³/mol. The minimum atomic E-state index is -0.487. The number of ether oxygens (including phenoxy) is 1. The van der Waals surface area contributed by atoms with Gasteiger partial charge < -0.3 is 9.84 Å². The van der Waals surface area contributed by atoms with Crippen LogP contribution >= 0.6 is 11.8 Å². The van der Waals surface area contributed by atoms with Crippen molar-refractivity contribution in [1.82, 2.24) is 0 Å². The Morgan fingerprint density at radius 1 is 0.957 bits per heavy atom. The van der Waals surface area contributed by atoms with Gasteiger partial charge in [-0.05, 0) is 35.7 Å². The summed E-state index contributed by atoms with van der Waals surface area (Å²) < 4.78 is 5.48. The highest BCUT2D eigenvalue weighted by Gasteiger charge is 2.13. The smallest absolute Gasteiger partial charge is 0.349 e. The number of aromatic hydroxyl groups is 1. The highest BCUT2D eigenvalue weighted by atomic mass is 32.2. The molecule has 4 heteroatoms. The summed E-state index contributed by atoms with van der Waals surface area (Å²) in [5, 5.41) is 11.2. The van der Waals surface area contributed by atoms with Crippen LogP contribution in [0.2, 0.25) is 0 Å². The molecule has 0 bridgehead atoms. The third-order valence-electron chi connectivity index (χ3n) is 3.26. The first-order chi connectivity index (χ1) is 11.1. The summed E-state index contributed by atoms with van der Waals surface area (Å²) in [6, 6.07) is 19.9. The molecule has 0 atom stereocenters. The van der Waals surface area contributed by atoms with E-state index in [1.54, 1.807) is 30.3 Å². The van der Waals surface area contributed by atoms with Gasteiger partial charge in [-0.3, -0.25) is 0 Å². The van der Waals surface area contributed by atoms with Crippen molar-refractivity contribution in [2.75, 3.05) is 0 Å². The van der Waals surface area contributed by atoms with Gasteiger partial charge in [-0.1, -0.05) is 54.7 Å². The van der Waals surface area contributed by atoms with Crippen LogP contribution in [0.3, 0.4) is 0 Å². The van der Waals surface area contributed by atoms with Crippen molar-refractivity contribution in [1.29, 1.82) is 0 Å². The standard InChI is InChI=1S/C19H14O3S/c1-13(23-16-11-9-15(20)10-12-16)19(21)22-18-8-4-6-14-5-2-3-7-17(14)18/h2-12,20H,1H2. The summed E-state index contributed by atoms with van der Waals surface area (Å²) in [6.45, 7) is 3.77. The molecule has 0 saturated heterocycles. The fraction of sp³-hybridized carbons (Fsp3) is 0. The van der Waals surface area contributed by atoms with Crippen molar-refractivity contribution in [3.8, 4) is 11.5 Å². The van der Waals surface area contributed by atoms with Gasteiger partial charge in [0.25, 0.3) is 0 Å². The van der Waals surface area contributed by atoms with Gasteiger partial charge in [0.15, 0.2) is 0 Å². The molecule has 114 valence electrons. The summed E-state index contributed by atoms with van der Waals surface area (Å²) in [5.41, 5.74) is 0.